The molecule has 0 radical (unpaired) electrons. The van der Waals surface area contributed by atoms with Crippen molar-refractivity contribution in [3.63, 3.8) is 0 Å². The highest BCUT2D eigenvalue weighted by Crippen LogP contribution is 2.27. The molecular formula is C13H18ClNO5S. The van der Waals surface area contributed by atoms with Gasteiger partial charge in [0.15, 0.2) is 6.61 Å². The number of nitrogens with one attached hydrogen (secondary N) is 1. The predicted octanol–water partition coefficient (Wildman–Crippen LogP) is 1.97. The van der Waals surface area contributed by atoms with Crippen LogP contribution in [0.2, 0.25) is 5.02 Å². The fourth-order valence-electron chi connectivity index (χ4n) is 1.38. The van der Waals surface area contributed by atoms with Crippen molar-refractivity contribution in [1.82, 2.24) is 4.72 Å². The quantitative estimate of drug-likeness (QED) is 0.770. The SMILES string of the molecule is CCC(C)NS(=O)(=O)c1ccc(OCC(=O)OC)c(Cl)c1. The number of ether oxygens (including phenoxy) is 2. The van der Waals surface area contributed by atoms with E-state index in [1.54, 1.807) is 6.92 Å². The molecule has 0 aliphatic rings. The number of rotatable bonds is 7. The van der Waals surface area contributed by atoms with Crippen molar-refractivity contribution in [1.29, 1.82) is 0 Å². The summed E-state index contributed by atoms with van der Waals surface area (Å²) in [7, 11) is -2.39. The van der Waals surface area contributed by atoms with E-state index in [-0.39, 0.29) is 28.3 Å². The normalized spacial score (nSPS) is 12.8. The Morgan fingerprint density at radius 2 is 2.10 bits per heavy atom. The van der Waals surface area contributed by atoms with Gasteiger partial charge in [0, 0.05) is 6.04 Å². The second-order valence-electron chi connectivity index (χ2n) is 4.39. The molecule has 1 aromatic carbocycles. The Balaban J connectivity index is 2.89. The molecule has 1 aromatic rings. The molecule has 118 valence electrons. The smallest absolute Gasteiger partial charge is 0.343 e. The lowest BCUT2D eigenvalue weighted by Crippen LogP contribution is -2.32. The Morgan fingerprint density at radius 1 is 1.43 bits per heavy atom. The van der Waals surface area contributed by atoms with Gasteiger partial charge in [0.05, 0.1) is 17.0 Å². The van der Waals surface area contributed by atoms with E-state index in [1.165, 1.54) is 25.3 Å². The van der Waals surface area contributed by atoms with Gasteiger partial charge >= 0.3 is 5.97 Å². The van der Waals surface area contributed by atoms with Crippen LogP contribution < -0.4 is 9.46 Å². The molecule has 0 fully saturated rings. The first kappa shape index (κ1) is 17.7. The molecule has 0 saturated heterocycles. The van der Waals surface area contributed by atoms with E-state index in [1.807, 2.05) is 6.92 Å². The number of methoxy groups -OCH3 is 1. The minimum Gasteiger partial charge on any atom is -0.480 e. The van der Waals surface area contributed by atoms with Crippen LogP contribution >= 0.6 is 11.6 Å². The number of carbonyl (C=O) groups is 1. The first-order chi connectivity index (χ1) is 9.80. The molecule has 0 bridgehead atoms. The summed E-state index contributed by atoms with van der Waals surface area (Å²) in [5, 5.41) is 0.103. The van der Waals surface area contributed by atoms with Gasteiger partial charge in [-0.1, -0.05) is 18.5 Å². The summed E-state index contributed by atoms with van der Waals surface area (Å²) in [5.74, 6) is -0.342. The molecule has 0 aromatic heterocycles. The molecule has 8 heteroatoms. The first-order valence-electron chi connectivity index (χ1n) is 6.31. The van der Waals surface area contributed by atoms with Crippen molar-refractivity contribution in [2.24, 2.45) is 0 Å². The Bertz CT molecular complexity index is 603. The van der Waals surface area contributed by atoms with Crippen molar-refractivity contribution in [3.05, 3.63) is 23.2 Å². The Kier molecular flexibility index (Phi) is 6.44. The number of hydrogen-bond donors (Lipinski definition) is 1. The first-order valence-corrected chi connectivity index (χ1v) is 8.17. The lowest BCUT2D eigenvalue weighted by atomic mass is 10.3. The van der Waals surface area contributed by atoms with Crippen molar-refractivity contribution in [2.45, 2.75) is 31.2 Å². The van der Waals surface area contributed by atoms with E-state index in [4.69, 9.17) is 16.3 Å². The number of esters is 1. The second kappa shape index (κ2) is 7.63. The summed E-state index contributed by atoms with van der Waals surface area (Å²) >= 11 is 5.96. The van der Waals surface area contributed by atoms with Crippen LogP contribution in [0, 0.1) is 0 Å². The molecule has 0 heterocycles. The van der Waals surface area contributed by atoms with Crippen LogP contribution in [0.3, 0.4) is 0 Å². The van der Waals surface area contributed by atoms with Gasteiger partial charge in [-0.05, 0) is 31.5 Å². The molecule has 0 saturated carbocycles. The maximum absolute atomic E-state index is 12.1. The highest BCUT2D eigenvalue weighted by atomic mass is 35.5. The van der Waals surface area contributed by atoms with Gasteiger partial charge in [-0.2, -0.15) is 0 Å². The molecule has 0 aliphatic carbocycles. The molecule has 21 heavy (non-hydrogen) atoms. The predicted molar refractivity (Wildman–Crippen MR) is 79.0 cm³/mol. The second-order valence-corrected chi connectivity index (χ2v) is 6.51. The van der Waals surface area contributed by atoms with E-state index in [9.17, 15) is 13.2 Å². The van der Waals surface area contributed by atoms with Crippen LogP contribution in [0.4, 0.5) is 0 Å². The minimum atomic E-state index is -3.63. The van der Waals surface area contributed by atoms with Crippen molar-refractivity contribution >= 4 is 27.6 Å². The monoisotopic (exact) mass is 335 g/mol. The topological polar surface area (TPSA) is 81.7 Å². The third-order valence-corrected chi connectivity index (χ3v) is 4.64. The third kappa shape index (κ3) is 5.18. The van der Waals surface area contributed by atoms with Crippen molar-refractivity contribution in [3.8, 4) is 5.75 Å². The lowest BCUT2D eigenvalue weighted by Gasteiger charge is -2.13. The fourth-order valence-corrected chi connectivity index (χ4v) is 3.03. The molecule has 1 N–H and O–H groups in total. The van der Waals surface area contributed by atoms with Crippen LogP contribution in [0.25, 0.3) is 0 Å². The van der Waals surface area contributed by atoms with Crippen LogP contribution in [0.15, 0.2) is 23.1 Å². The van der Waals surface area contributed by atoms with Crippen LogP contribution in [0.1, 0.15) is 20.3 Å². The fraction of sp³-hybridized carbons (Fsp3) is 0.462. The summed E-state index contributed by atoms with van der Waals surface area (Å²) in [5.41, 5.74) is 0. The van der Waals surface area contributed by atoms with Crippen molar-refractivity contribution < 1.29 is 22.7 Å². The van der Waals surface area contributed by atoms with Gasteiger partial charge in [0.2, 0.25) is 10.0 Å². The molecular weight excluding hydrogens is 318 g/mol. The Morgan fingerprint density at radius 3 is 2.62 bits per heavy atom. The minimum absolute atomic E-state index is 0.0400. The number of benzene rings is 1. The number of carbonyl (C=O) groups excluding carboxylic acids is 1. The van der Waals surface area contributed by atoms with Gasteiger partial charge in [-0.3, -0.25) is 0 Å². The number of sulfonamides is 1. The molecule has 1 rings (SSSR count). The maximum Gasteiger partial charge on any atom is 0.343 e. The zero-order valence-electron chi connectivity index (χ0n) is 12.1. The molecule has 0 spiro atoms. The van der Waals surface area contributed by atoms with E-state index < -0.39 is 16.0 Å². The van der Waals surface area contributed by atoms with Gasteiger partial charge in [0.1, 0.15) is 5.75 Å². The summed E-state index contributed by atoms with van der Waals surface area (Å²) in [6.45, 7) is 3.35. The maximum atomic E-state index is 12.1. The van der Waals surface area contributed by atoms with E-state index >= 15 is 0 Å². The average Bonchev–Trinajstić information content (AvgIpc) is 2.44. The van der Waals surface area contributed by atoms with E-state index in [0.717, 1.165) is 0 Å². The molecule has 1 unspecified atom stereocenters. The molecule has 1 atom stereocenters. The number of hydrogen-bond acceptors (Lipinski definition) is 5. The summed E-state index contributed by atoms with van der Waals surface area (Å²) in [4.78, 5) is 11.0. The average molecular weight is 336 g/mol. The van der Waals surface area contributed by atoms with Gasteiger partial charge in [-0.15, -0.1) is 0 Å². The van der Waals surface area contributed by atoms with Gasteiger partial charge in [-0.25, -0.2) is 17.9 Å². The number of halogens is 1. The van der Waals surface area contributed by atoms with Crippen LogP contribution in [-0.4, -0.2) is 34.1 Å². The van der Waals surface area contributed by atoms with E-state index in [0.29, 0.717) is 6.42 Å². The zero-order valence-corrected chi connectivity index (χ0v) is 13.6. The van der Waals surface area contributed by atoms with Crippen LogP contribution in [-0.2, 0) is 19.6 Å². The summed E-state index contributed by atoms with van der Waals surface area (Å²) in [6.07, 6.45) is 0.674. The van der Waals surface area contributed by atoms with E-state index in [2.05, 4.69) is 9.46 Å². The Labute approximate surface area is 129 Å². The summed E-state index contributed by atoms with van der Waals surface area (Å²) in [6, 6.07) is 3.86. The standard InChI is InChI=1S/C13H18ClNO5S/c1-4-9(2)15-21(17,18)10-5-6-12(11(14)7-10)20-8-13(16)19-3/h5-7,9,15H,4,8H2,1-3H3. The molecule has 6 nitrogen and oxygen atoms in total. The van der Waals surface area contributed by atoms with Gasteiger partial charge < -0.3 is 9.47 Å². The lowest BCUT2D eigenvalue weighted by molar-refractivity contribution is -0.142. The third-order valence-electron chi connectivity index (χ3n) is 2.76. The molecule has 0 amide bonds. The van der Waals surface area contributed by atoms with Crippen LogP contribution in [0.5, 0.6) is 5.75 Å². The van der Waals surface area contributed by atoms with Crippen molar-refractivity contribution in [2.75, 3.05) is 13.7 Å². The highest BCUT2D eigenvalue weighted by Gasteiger charge is 2.18. The largest absolute Gasteiger partial charge is 0.480 e. The van der Waals surface area contributed by atoms with Gasteiger partial charge in [0.25, 0.3) is 0 Å². The Hall–Kier alpha value is -1.31. The molecule has 0 aliphatic heterocycles. The zero-order chi connectivity index (χ0) is 16.0. The summed E-state index contributed by atoms with van der Waals surface area (Å²) < 4.78 is 36.3. The highest BCUT2D eigenvalue weighted by molar-refractivity contribution is 7.89.